The van der Waals surface area contributed by atoms with Gasteiger partial charge < -0.3 is 15.0 Å². The summed E-state index contributed by atoms with van der Waals surface area (Å²) in [5.74, 6) is -0.816. The Morgan fingerprint density at radius 2 is 1.91 bits per heavy atom. The van der Waals surface area contributed by atoms with E-state index in [-0.39, 0.29) is 24.3 Å². The maximum absolute atomic E-state index is 12.1. The molecule has 0 aromatic heterocycles. The van der Waals surface area contributed by atoms with Crippen LogP contribution in [-0.4, -0.2) is 42.4 Å². The Labute approximate surface area is 136 Å². The molecule has 0 bridgehead atoms. The smallest absolute Gasteiger partial charge is 0.339 e. The first-order chi connectivity index (χ1) is 10.9. The van der Waals surface area contributed by atoms with Gasteiger partial charge in [-0.1, -0.05) is 19.1 Å². The summed E-state index contributed by atoms with van der Waals surface area (Å²) in [5, 5.41) is 2.70. The van der Waals surface area contributed by atoms with Gasteiger partial charge in [-0.25, -0.2) is 4.79 Å². The number of rotatable bonds is 7. The number of ether oxygens (including phenoxy) is 1. The Morgan fingerprint density at radius 1 is 1.26 bits per heavy atom. The van der Waals surface area contributed by atoms with Crippen LogP contribution in [0.4, 0.5) is 5.69 Å². The minimum Gasteiger partial charge on any atom is -0.465 e. The van der Waals surface area contributed by atoms with Gasteiger partial charge in [-0.15, -0.1) is 0 Å². The van der Waals surface area contributed by atoms with Gasteiger partial charge in [0.25, 0.3) is 0 Å². The third-order valence-electron chi connectivity index (χ3n) is 3.71. The molecule has 0 spiro atoms. The number of nitrogens with one attached hydrogen (secondary N) is 1. The molecule has 1 atom stereocenters. The van der Waals surface area contributed by atoms with Gasteiger partial charge in [0, 0.05) is 25.9 Å². The van der Waals surface area contributed by atoms with Gasteiger partial charge in [0.1, 0.15) is 0 Å². The van der Waals surface area contributed by atoms with E-state index >= 15 is 0 Å². The summed E-state index contributed by atoms with van der Waals surface area (Å²) in [5.41, 5.74) is 0.705. The van der Waals surface area contributed by atoms with E-state index in [1.54, 1.807) is 29.2 Å². The van der Waals surface area contributed by atoms with Crippen molar-refractivity contribution < 1.29 is 19.1 Å². The van der Waals surface area contributed by atoms with Crippen LogP contribution in [0, 0.1) is 0 Å². The second-order valence-electron chi connectivity index (χ2n) is 5.31. The number of carbonyl (C=O) groups excluding carboxylic acids is 3. The second-order valence-corrected chi connectivity index (χ2v) is 5.31. The average molecular weight is 320 g/mol. The van der Waals surface area contributed by atoms with Gasteiger partial charge in [-0.2, -0.15) is 0 Å². The van der Waals surface area contributed by atoms with Crippen LogP contribution in [0.15, 0.2) is 24.3 Å². The van der Waals surface area contributed by atoms with Crippen LogP contribution in [0.5, 0.6) is 0 Å². The van der Waals surface area contributed by atoms with Crippen molar-refractivity contribution in [3.8, 4) is 0 Å². The second kappa shape index (κ2) is 8.92. The van der Waals surface area contributed by atoms with Crippen molar-refractivity contribution in [2.24, 2.45) is 0 Å². The van der Waals surface area contributed by atoms with Crippen LogP contribution in [-0.2, 0) is 14.3 Å². The van der Waals surface area contributed by atoms with E-state index in [0.717, 1.165) is 6.42 Å². The standard InChI is InChI=1S/C17H24N2O4/c1-5-12(2)19(13(3)20)11-10-16(21)18-15-9-7-6-8-14(15)17(22)23-4/h6-9,12H,5,10-11H2,1-4H3,(H,18,21). The highest BCUT2D eigenvalue weighted by atomic mass is 16.5. The van der Waals surface area contributed by atoms with E-state index in [4.69, 9.17) is 4.74 Å². The van der Waals surface area contributed by atoms with Gasteiger partial charge in [-0.3, -0.25) is 9.59 Å². The fraction of sp³-hybridized carbons (Fsp3) is 0.471. The summed E-state index contributed by atoms with van der Waals surface area (Å²) in [4.78, 5) is 37.1. The van der Waals surface area contributed by atoms with Crippen molar-refractivity contribution in [2.45, 2.75) is 39.7 Å². The Bertz CT molecular complexity index is 571. The van der Waals surface area contributed by atoms with Crippen molar-refractivity contribution in [2.75, 3.05) is 19.0 Å². The number of methoxy groups -OCH3 is 1. The van der Waals surface area contributed by atoms with Crippen molar-refractivity contribution in [1.29, 1.82) is 0 Å². The van der Waals surface area contributed by atoms with Gasteiger partial charge in [-0.05, 0) is 25.5 Å². The molecule has 0 heterocycles. The molecule has 1 rings (SSSR count). The molecule has 1 unspecified atom stereocenters. The van der Waals surface area contributed by atoms with Crippen molar-refractivity contribution in [3.63, 3.8) is 0 Å². The Morgan fingerprint density at radius 3 is 2.48 bits per heavy atom. The van der Waals surface area contributed by atoms with Crippen LogP contribution >= 0.6 is 0 Å². The van der Waals surface area contributed by atoms with Crippen molar-refractivity contribution in [3.05, 3.63) is 29.8 Å². The maximum atomic E-state index is 12.1. The molecule has 126 valence electrons. The van der Waals surface area contributed by atoms with Gasteiger partial charge >= 0.3 is 5.97 Å². The summed E-state index contributed by atoms with van der Waals surface area (Å²) >= 11 is 0. The quantitative estimate of drug-likeness (QED) is 0.783. The lowest BCUT2D eigenvalue weighted by molar-refractivity contribution is -0.131. The normalized spacial score (nSPS) is 11.5. The van der Waals surface area contributed by atoms with E-state index in [0.29, 0.717) is 17.8 Å². The molecule has 0 aliphatic heterocycles. The Hall–Kier alpha value is -2.37. The summed E-state index contributed by atoms with van der Waals surface area (Å²) < 4.78 is 4.69. The van der Waals surface area contributed by atoms with E-state index in [1.165, 1.54) is 14.0 Å². The van der Waals surface area contributed by atoms with E-state index in [2.05, 4.69) is 5.32 Å². The van der Waals surface area contributed by atoms with Crippen molar-refractivity contribution >= 4 is 23.5 Å². The third-order valence-corrected chi connectivity index (χ3v) is 3.71. The predicted molar refractivity (Wildman–Crippen MR) is 88.2 cm³/mol. The first kappa shape index (κ1) is 18.7. The van der Waals surface area contributed by atoms with Crippen LogP contribution < -0.4 is 5.32 Å². The van der Waals surface area contributed by atoms with Gasteiger partial charge in [0.15, 0.2) is 0 Å². The molecule has 0 aliphatic rings. The molecule has 23 heavy (non-hydrogen) atoms. The lowest BCUT2D eigenvalue weighted by atomic mass is 10.1. The molecule has 6 heteroatoms. The van der Waals surface area contributed by atoms with Crippen LogP contribution in [0.2, 0.25) is 0 Å². The number of carbonyl (C=O) groups is 3. The fourth-order valence-corrected chi connectivity index (χ4v) is 2.22. The number of amides is 2. The Balaban J connectivity index is 2.71. The summed E-state index contributed by atoms with van der Waals surface area (Å²) in [6.45, 7) is 5.78. The lowest BCUT2D eigenvalue weighted by Crippen LogP contribution is -2.38. The van der Waals surface area contributed by atoms with E-state index < -0.39 is 5.97 Å². The Kier molecular flexibility index (Phi) is 7.25. The molecule has 1 aromatic carbocycles. The zero-order chi connectivity index (χ0) is 17.4. The zero-order valence-corrected chi connectivity index (χ0v) is 14.1. The lowest BCUT2D eigenvalue weighted by Gasteiger charge is -2.27. The largest absolute Gasteiger partial charge is 0.465 e. The van der Waals surface area contributed by atoms with Crippen LogP contribution in [0.25, 0.3) is 0 Å². The summed E-state index contributed by atoms with van der Waals surface area (Å²) in [7, 11) is 1.29. The molecular formula is C17H24N2O4. The SMILES string of the molecule is CCC(C)N(CCC(=O)Nc1ccccc1C(=O)OC)C(C)=O. The summed E-state index contributed by atoms with van der Waals surface area (Å²) in [6, 6.07) is 6.73. The number of esters is 1. The van der Waals surface area contributed by atoms with Crippen molar-refractivity contribution in [1.82, 2.24) is 4.90 Å². The minimum absolute atomic E-state index is 0.0536. The number of hydrogen-bond acceptors (Lipinski definition) is 4. The average Bonchev–Trinajstić information content (AvgIpc) is 2.54. The van der Waals surface area contributed by atoms with E-state index in [1.807, 2.05) is 13.8 Å². The van der Waals surface area contributed by atoms with Gasteiger partial charge in [0.05, 0.1) is 18.4 Å². The first-order valence-corrected chi connectivity index (χ1v) is 7.65. The van der Waals surface area contributed by atoms with Crippen LogP contribution in [0.3, 0.4) is 0 Å². The number of nitrogens with zero attached hydrogens (tertiary/aromatic N) is 1. The first-order valence-electron chi connectivity index (χ1n) is 7.65. The number of anilines is 1. The minimum atomic E-state index is -0.508. The molecule has 0 saturated carbocycles. The number of benzene rings is 1. The third kappa shape index (κ3) is 5.39. The molecule has 1 N–H and O–H groups in total. The highest BCUT2D eigenvalue weighted by molar-refractivity contribution is 6.01. The monoisotopic (exact) mass is 320 g/mol. The molecule has 0 saturated heterocycles. The molecule has 0 fully saturated rings. The van der Waals surface area contributed by atoms with Crippen LogP contribution in [0.1, 0.15) is 44.0 Å². The highest BCUT2D eigenvalue weighted by Crippen LogP contribution is 2.16. The molecule has 0 aliphatic carbocycles. The molecular weight excluding hydrogens is 296 g/mol. The topological polar surface area (TPSA) is 75.7 Å². The number of hydrogen-bond donors (Lipinski definition) is 1. The van der Waals surface area contributed by atoms with E-state index in [9.17, 15) is 14.4 Å². The molecule has 0 radical (unpaired) electrons. The molecule has 6 nitrogen and oxygen atoms in total. The highest BCUT2D eigenvalue weighted by Gasteiger charge is 2.17. The van der Waals surface area contributed by atoms with Gasteiger partial charge in [0.2, 0.25) is 11.8 Å². The summed E-state index contributed by atoms with van der Waals surface area (Å²) in [6.07, 6.45) is 0.992. The molecule has 2 amide bonds. The fourth-order valence-electron chi connectivity index (χ4n) is 2.22. The zero-order valence-electron chi connectivity index (χ0n) is 14.1. The number of para-hydroxylation sites is 1. The molecule has 1 aromatic rings. The predicted octanol–water partition coefficient (Wildman–Crippen LogP) is 2.45. The maximum Gasteiger partial charge on any atom is 0.339 e.